The van der Waals surface area contributed by atoms with Crippen LogP contribution in [0.1, 0.15) is 10.4 Å². The highest BCUT2D eigenvalue weighted by Gasteiger charge is 2.21. The Morgan fingerprint density at radius 3 is 2.43 bits per heavy atom. The van der Waals surface area contributed by atoms with E-state index >= 15 is 0 Å². The van der Waals surface area contributed by atoms with Gasteiger partial charge in [0.2, 0.25) is 5.91 Å². The minimum Gasteiger partial charge on any atom is -0.480 e. The lowest BCUT2D eigenvalue weighted by Crippen LogP contribution is -2.48. The molecule has 1 aromatic carbocycles. The molecule has 1 rings (SSSR count). The van der Waals surface area contributed by atoms with Gasteiger partial charge in [0.15, 0.2) is 6.04 Å². The third-order valence-electron chi connectivity index (χ3n) is 2.71. The minimum absolute atomic E-state index is 0.141. The van der Waals surface area contributed by atoms with Gasteiger partial charge in [0.25, 0.3) is 5.91 Å². The van der Waals surface area contributed by atoms with Crippen molar-refractivity contribution in [2.24, 2.45) is 0 Å². The van der Waals surface area contributed by atoms with E-state index in [0.29, 0.717) is 5.56 Å². The van der Waals surface area contributed by atoms with Gasteiger partial charge in [-0.15, -0.1) is 0 Å². The quantitative estimate of drug-likeness (QED) is 0.736. The molecule has 114 valence electrons. The summed E-state index contributed by atoms with van der Waals surface area (Å²) in [7, 11) is 2.81. The van der Waals surface area contributed by atoms with Crippen molar-refractivity contribution in [2.75, 3.05) is 27.3 Å². The van der Waals surface area contributed by atoms with Crippen LogP contribution in [0.5, 0.6) is 0 Å². The largest absolute Gasteiger partial charge is 0.480 e. The molecular weight excluding hydrogens is 276 g/mol. The number of methoxy groups -OCH3 is 1. The Labute approximate surface area is 122 Å². The molecule has 21 heavy (non-hydrogen) atoms. The molecular formula is C14H18N2O5. The second-order valence-electron chi connectivity index (χ2n) is 4.44. The molecule has 7 heteroatoms. The number of carbonyl (C=O) groups is 3. The lowest BCUT2D eigenvalue weighted by molar-refractivity contribution is -0.143. The van der Waals surface area contributed by atoms with E-state index in [1.54, 1.807) is 30.3 Å². The van der Waals surface area contributed by atoms with E-state index < -0.39 is 17.9 Å². The molecule has 1 atom stereocenters. The van der Waals surface area contributed by atoms with Crippen molar-refractivity contribution in [1.82, 2.24) is 10.2 Å². The molecule has 0 saturated heterocycles. The van der Waals surface area contributed by atoms with Crippen LogP contribution in [-0.2, 0) is 14.3 Å². The number of hydrogen-bond acceptors (Lipinski definition) is 4. The van der Waals surface area contributed by atoms with Crippen molar-refractivity contribution in [3.63, 3.8) is 0 Å². The predicted molar refractivity (Wildman–Crippen MR) is 74.8 cm³/mol. The fraction of sp³-hybridized carbons (Fsp3) is 0.357. The Morgan fingerprint density at radius 2 is 1.90 bits per heavy atom. The van der Waals surface area contributed by atoms with E-state index in [1.165, 1.54) is 19.1 Å². The number of rotatable bonds is 7. The predicted octanol–water partition coefficient (Wildman–Crippen LogP) is -0.0256. The summed E-state index contributed by atoms with van der Waals surface area (Å²) in [5, 5.41) is 11.2. The standard InChI is InChI=1S/C14H18N2O5/c1-16(13(18)10-6-4-3-5-7-10)8-12(17)15-11(9-21-2)14(19)20/h3-7,11H,8-9H2,1-2H3,(H,15,17)(H,19,20). The number of benzene rings is 1. The van der Waals surface area contributed by atoms with Crippen molar-refractivity contribution in [3.8, 4) is 0 Å². The summed E-state index contributed by atoms with van der Waals surface area (Å²) in [5.41, 5.74) is 0.458. The molecule has 1 unspecified atom stereocenters. The molecule has 0 radical (unpaired) electrons. The highest BCUT2D eigenvalue weighted by atomic mass is 16.5. The van der Waals surface area contributed by atoms with E-state index in [2.05, 4.69) is 5.32 Å². The molecule has 0 aromatic heterocycles. The first-order valence-electron chi connectivity index (χ1n) is 6.27. The van der Waals surface area contributed by atoms with Gasteiger partial charge < -0.3 is 20.1 Å². The van der Waals surface area contributed by atoms with E-state index in [1.807, 2.05) is 0 Å². The van der Waals surface area contributed by atoms with Crippen LogP contribution in [0.4, 0.5) is 0 Å². The Hall–Kier alpha value is -2.41. The molecule has 0 aliphatic rings. The molecule has 0 heterocycles. The first kappa shape index (κ1) is 16.6. The summed E-state index contributed by atoms with van der Waals surface area (Å²) in [6.45, 7) is -0.376. The Balaban J connectivity index is 2.57. The zero-order valence-electron chi connectivity index (χ0n) is 11.9. The summed E-state index contributed by atoms with van der Waals surface area (Å²) in [6, 6.07) is 7.37. The van der Waals surface area contributed by atoms with Crippen molar-refractivity contribution in [3.05, 3.63) is 35.9 Å². The van der Waals surface area contributed by atoms with Crippen LogP contribution >= 0.6 is 0 Å². The molecule has 0 aliphatic carbocycles. The molecule has 0 saturated carbocycles. The SMILES string of the molecule is COCC(NC(=O)CN(C)C(=O)c1ccccc1)C(=O)O. The first-order valence-corrected chi connectivity index (χ1v) is 6.27. The molecule has 0 bridgehead atoms. The molecule has 7 nitrogen and oxygen atoms in total. The molecule has 2 N–H and O–H groups in total. The first-order chi connectivity index (χ1) is 9.95. The highest BCUT2D eigenvalue weighted by molar-refractivity contribution is 5.96. The summed E-state index contributed by atoms with van der Waals surface area (Å²) in [5.74, 6) is -2.07. The second kappa shape index (κ2) is 8.01. The van der Waals surface area contributed by atoms with Gasteiger partial charge in [0.1, 0.15) is 0 Å². The highest BCUT2D eigenvalue weighted by Crippen LogP contribution is 2.02. The topological polar surface area (TPSA) is 95.9 Å². The zero-order chi connectivity index (χ0) is 15.8. The van der Waals surface area contributed by atoms with Crippen molar-refractivity contribution in [2.45, 2.75) is 6.04 Å². The lowest BCUT2D eigenvalue weighted by Gasteiger charge is -2.19. The number of amides is 2. The maximum atomic E-state index is 12.0. The number of likely N-dealkylation sites (N-methyl/N-ethyl adjacent to an activating group) is 1. The summed E-state index contributed by atoms with van der Waals surface area (Å²) < 4.78 is 4.71. The monoisotopic (exact) mass is 294 g/mol. The number of ether oxygens (including phenoxy) is 1. The fourth-order valence-electron chi connectivity index (χ4n) is 1.67. The van der Waals surface area contributed by atoms with Gasteiger partial charge in [0, 0.05) is 19.7 Å². The van der Waals surface area contributed by atoms with Gasteiger partial charge in [-0.3, -0.25) is 9.59 Å². The van der Waals surface area contributed by atoms with E-state index in [-0.39, 0.29) is 19.1 Å². The van der Waals surface area contributed by atoms with Crippen molar-refractivity contribution in [1.29, 1.82) is 0 Å². The number of aliphatic carboxylic acids is 1. The van der Waals surface area contributed by atoms with E-state index in [4.69, 9.17) is 9.84 Å². The number of carboxylic acid groups (broad SMARTS) is 1. The van der Waals surface area contributed by atoms with E-state index in [9.17, 15) is 14.4 Å². The Kier molecular flexibility index (Phi) is 6.35. The van der Waals surface area contributed by atoms with E-state index in [0.717, 1.165) is 0 Å². The van der Waals surface area contributed by atoms with Gasteiger partial charge in [-0.1, -0.05) is 18.2 Å². The molecule has 0 spiro atoms. The molecule has 0 fully saturated rings. The third-order valence-corrected chi connectivity index (χ3v) is 2.71. The number of hydrogen-bond donors (Lipinski definition) is 2. The third kappa shape index (κ3) is 5.23. The van der Waals surface area contributed by atoms with Crippen LogP contribution in [0.2, 0.25) is 0 Å². The average molecular weight is 294 g/mol. The number of nitrogens with zero attached hydrogens (tertiary/aromatic N) is 1. The minimum atomic E-state index is -1.19. The lowest BCUT2D eigenvalue weighted by atomic mass is 10.2. The molecule has 0 aliphatic heterocycles. The van der Waals surface area contributed by atoms with Crippen molar-refractivity contribution < 1.29 is 24.2 Å². The normalized spacial score (nSPS) is 11.5. The van der Waals surface area contributed by atoms with Crippen LogP contribution in [0.25, 0.3) is 0 Å². The average Bonchev–Trinajstić information content (AvgIpc) is 2.46. The van der Waals surface area contributed by atoms with Crippen LogP contribution in [0.15, 0.2) is 30.3 Å². The summed E-state index contributed by atoms with van der Waals surface area (Å²) >= 11 is 0. The van der Waals surface area contributed by atoms with Gasteiger partial charge in [-0.05, 0) is 12.1 Å². The van der Waals surface area contributed by atoms with Crippen LogP contribution < -0.4 is 5.32 Å². The van der Waals surface area contributed by atoms with Gasteiger partial charge >= 0.3 is 5.97 Å². The number of nitrogens with one attached hydrogen (secondary N) is 1. The zero-order valence-corrected chi connectivity index (χ0v) is 11.9. The van der Waals surface area contributed by atoms with Crippen LogP contribution in [0.3, 0.4) is 0 Å². The summed E-state index contributed by atoms with van der Waals surface area (Å²) in [6.07, 6.45) is 0. The Bertz CT molecular complexity index is 503. The fourth-order valence-corrected chi connectivity index (χ4v) is 1.67. The molecule has 1 aromatic rings. The molecule has 2 amide bonds. The van der Waals surface area contributed by atoms with Gasteiger partial charge in [0.05, 0.1) is 13.2 Å². The van der Waals surface area contributed by atoms with Gasteiger partial charge in [-0.2, -0.15) is 0 Å². The second-order valence-corrected chi connectivity index (χ2v) is 4.44. The van der Waals surface area contributed by atoms with Crippen molar-refractivity contribution >= 4 is 17.8 Å². The van der Waals surface area contributed by atoms with Crippen LogP contribution in [0, 0.1) is 0 Å². The number of carboxylic acids is 1. The van der Waals surface area contributed by atoms with Crippen LogP contribution in [-0.4, -0.2) is 61.1 Å². The maximum Gasteiger partial charge on any atom is 0.328 e. The number of carbonyl (C=O) groups excluding carboxylic acids is 2. The Morgan fingerprint density at radius 1 is 1.29 bits per heavy atom. The smallest absolute Gasteiger partial charge is 0.328 e. The van der Waals surface area contributed by atoms with Gasteiger partial charge in [-0.25, -0.2) is 4.79 Å². The summed E-state index contributed by atoms with van der Waals surface area (Å²) in [4.78, 5) is 35.9. The maximum absolute atomic E-state index is 12.0.